The molecule has 118 valence electrons. The molecule has 0 saturated carbocycles. The maximum absolute atomic E-state index is 11.9. The number of aryl methyl sites for hydroxylation is 1. The molecule has 0 fully saturated rings. The summed E-state index contributed by atoms with van der Waals surface area (Å²) in [7, 11) is 3.17. The Morgan fingerprint density at radius 1 is 1.27 bits per heavy atom. The van der Waals surface area contributed by atoms with E-state index in [0.29, 0.717) is 11.5 Å². The van der Waals surface area contributed by atoms with Crippen LogP contribution in [0.15, 0.2) is 23.6 Å². The van der Waals surface area contributed by atoms with Crippen molar-refractivity contribution in [2.24, 2.45) is 0 Å². The molecule has 1 aromatic heterocycles. The standard InChI is InChI=1S/C16H19NO4S/c1-4-15-17-12(10-22-15)8-16(18)21-9-11-7-13(19-2)5-6-14(11)20-3/h5-7,10H,4,8-9H2,1-3H3. The molecule has 2 rings (SSSR count). The van der Waals surface area contributed by atoms with Gasteiger partial charge < -0.3 is 14.2 Å². The summed E-state index contributed by atoms with van der Waals surface area (Å²) in [5, 5.41) is 2.92. The number of ether oxygens (including phenoxy) is 3. The number of benzene rings is 1. The van der Waals surface area contributed by atoms with Crippen LogP contribution in [-0.2, 0) is 29.0 Å². The second kappa shape index (κ2) is 7.79. The van der Waals surface area contributed by atoms with Crippen molar-refractivity contribution < 1.29 is 19.0 Å². The van der Waals surface area contributed by atoms with Crippen LogP contribution in [0.2, 0.25) is 0 Å². The smallest absolute Gasteiger partial charge is 0.312 e. The van der Waals surface area contributed by atoms with Gasteiger partial charge in [-0.3, -0.25) is 4.79 Å². The van der Waals surface area contributed by atoms with Crippen LogP contribution in [0.25, 0.3) is 0 Å². The highest BCUT2D eigenvalue weighted by atomic mass is 32.1. The van der Waals surface area contributed by atoms with Crippen LogP contribution in [0.4, 0.5) is 0 Å². The quantitative estimate of drug-likeness (QED) is 0.734. The topological polar surface area (TPSA) is 57.7 Å². The molecule has 0 aliphatic carbocycles. The fourth-order valence-corrected chi connectivity index (χ4v) is 2.69. The number of hydrogen-bond acceptors (Lipinski definition) is 6. The molecule has 0 atom stereocenters. The fourth-order valence-electron chi connectivity index (χ4n) is 1.94. The first-order valence-electron chi connectivity index (χ1n) is 6.96. The van der Waals surface area contributed by atoms with Crippen LogP contribution >= 0.6 is 11.3 Å². The molecule has 0 bridgehead atoms. The fraction of sp³-hybridized carbons (Fsp3) is 0.375. The van der Waals surface area contributed by atoms with E-state index in [0.717, 1.165) is 22.7 Å². The van der Waals surface area contributed by atoms with Crippen molar-refractivity contribution in [3.05, 3.63) is 39.8 Å². The Hall–Kier alpha value is -2.08. The largest absolute Gasteiger partial charge is 0.497 e. The van der Waals surface area contributed by atoms with Crippen LogP contribution in [0, 0.1) is 0 Å². The van der Waals surface area contributed by atoms with Crippen LogP contribution < -0.4 is 9.47 Å². The first-order valence-corrected chi connectivity index (χ1v) is 7.84. The predicted molar refractivity (Wildman–Crippen MR) is 84.5 cm³/mol. The lowest BCUT2D eigenvalue weighted by Gasteiger charge is -2.10. The van der Waals surface area contributed by atoms with E-state index in [2.05, 4.69) is 4.98 Å². The van der Waals surface area contributed by atoms with Crippen LogP contribution in [0.1, 0.15) is 23.2 Å². The highest BCUT2D eigenvalue weighted by Crippen LogP contribution is 2.24. The summed E-state index contributed by atoms with van der Waals surface area (Å²) < 4.78 is 15.7. The van der Waals surface area contributed by atoms with E-state index < -0.39 is 0 Å². The minimum absolute atomic E-state index is 0.143. The number of aromatic nitrogens is 1. The summed E-state index contributed by atoms with van der Waals surface area (Å²) in [5.41, 5.74) is 1.52. The van der Waals surface area contributed by atoms with E-state index in [1.807, 2.05) is 12.3 Å². The summed E-state index contributed by atoms with van der Waals surface area (Å²) in [4.78, 5) is 16.3. The molecule has 1 heterocycles. The van der Waals surface area contributed by atoms with Gasteiger partial charge >= 0.3 is 5.97 Å². The lowest BCUT2D eigenvalue weighted by molar-refractivity contribution is -0.144. The number of methoxy groups -OCH3 is 2. The van der Waals surface area contributed by atoms with Crippen molar-refractivity contribution in [3.63, 3.8) is 0 Å². The molecule has 0 N–H and O–H groups in total. The molecule has 5 nitrogen and oxygen atoms in total. The second-order valence-corrected chi connectivity index (χ2v) is 5.54. The minimum Gasteiger partial charge on any atom is -0.497 e. The van der Waals surface area contributed by atoms with Crippen molar-refractivity contribution in [3.8, 4) is 11.5 Å². The predicted octanol–water partition coefficient (Wildman–Crippen LogP) is 3.01. The zero-order valence-electron chi connectivity index (χ0n) is 12.9. The first kappa shape index (κ1) is 16.3. The molecule has 0 saturated heterocycles. The van der Waals surface area contributed by atoms with Gasteiger partial charge in [-0.15, -0.1) is 11.3 Å². The van der Waals surface area contributed by atoms with Gasteiger partial charge in [0.2, 0.25) is 0 Å². The average molecular weight is 321 g/mol. The third-order valence-electron chi connectivity index (χ3n) is 3.10. The Morgan fingerprint density at radius 3 is 2.73 bits per heavy atom. The van der Waals surface area contributed by atoms with Crippen LogP contribution in [0.3, 0.4) is 0 Å². The summed E-state index contributed by atoms with van der Waals surface area (Å²) in [6, 6.07) is 5.38. The summed E-state index contributed by atoms with van der Waals surface area (Å²) in [5.74, 6) is 1.05. The number of hydrogen-bond donors (Lipinski definition) is 0. The third-order valence-corrected chi connectivity index (χ3v) is 4.15. The number of thiazole rings is 1. The van der Waals surface area contributed by atoms with Gasteiger partial charge in [-0.1, -0.05) is 6.92 Å². The van der Waals surface area contributed by atoms with Gasteiger partial charge in [0.05, 0.1) is 31.3 Å². The lowest BCUT2D eigenvalue weighted by Crippen LogP contribution is -2.09. The first-order chi connectivity index (χ1) is 10.7. The summed E-state index contributed by atoms with van der Waals surface area (Å²) in [6.45, 7) is 2.18. The summed E-state index contributed by atoms with van der Waals surface area (Å²) >= 11 is 1.56. The van der Waals surface area contributed by atoms with Gasteiger partial charge in [0, 0.05) is 10.9 Å². The van der Waals surface area contributed by atoms with Gasteiger partial charge in [0.25, 0.3) is 0 Å². The molecule has 22 heavy (non-hydrogen) atoms. The molecule has 0 amide bonds. The zero-order valence-corrected chi connectivity index (χ0v) is 13.7. The van der Waals surface area contributed by atoms with E-state index in [9.17, 15) is 4.79 Å². The summed E-state index contributed by atoms with van der Waals surface area (Å²) in [6.07, 6.45) is 1.06. The lowest BCUT2D eigenvalue weighted by atomic mass is 10.2. The van der Waals surface area contributed by atoms with E-state index in [4.69, 9.17) is 14.2 Å². The average Bonchev–Trinajstić information content (AvgIpc) is 3.00. The SMILES string of the molecule is CCc1nc(CC(=O)OCc2cc(OC)ccc2OC)cs1. The maximum Gasteiger partial charge on any atom is 0.312 e. The molecule has 0 radical (unpaired) electrons. The Bertz CT molecular complexity index is 639. The molecule has 6 heteroatoms. The molecular formula is C16H19NO4S. The number of rotatable bonds is 7. The van der Waals surface area contributed by atoms with E-state index in [1.54, 1.807) is 43.8 Å². The monoisotopic (exact) mass is 321 g/mol. The normalized spacial score (nSPS) is 10.3. The highest BCUT2D eigenvalue weighted by Gasteiger charge is 2.11. The van der Waals surface area contributed by atoms with E-state index in [1.165, 1.54) is 0 Å². The zero-order chi connectivity index (χ0) is 15.9. The van der Waals surface area contributed by atoms with Crippen molar-refractivity contribution >= 4 is 17.3 Å². The maximum atomic E-state index is 11.9. The van der Waals surface area contributed by atoms with Crippen molar-refractivity contribution in [2.75, 3.05) is 14.2 Å². The molecule has 0 aliphatic rings. The van der Waals surface area contributed by atoms with Crippen molar-refractivity contribution in [1.82, 2.24) is 4.98 Å². The van der Waals surface area contributed by atoms with Gasteiger partial charge in [0.1, 0.15) is 18.1 Å². The van der Waals surface area contributed by atoms with Crippen LogP contribution in [-0.4, -0.2) is 25.2 Å². The molecule has 1 aromatic carbocycles. The number of carbonyl (C=O) groups is 1. The molecular weight excluding hydrogens is 302 g/mol. The van der Waals surface area contributed by atoms with Crippen molar-refractivity contribution in [2.45, 2.75) is 26.4 Å². The van der Waals surface area contributed by atoms with E-state index in [-0.39, 0.29) is 19.0 Å². The Labute approximate surface area is 133 Å². The Kier molecular flexibility index (Phi) is 5.77. The number of esters is 1. The molecule has 2 aromatic rings. The van der Waals surface area contributed by atoms with Gasteiger partial charge in [0.15, 0.2) is 0 Å². The van der Waals surface area contributed by atoms with Crippen LogP contribution in [0.5, 0.6) is 11.5 Å². The van der Waals surface area contributed by atoms with Gasteiger partial charge in [-0.05, 0) is 24.6 Å². The Balaban J connectivity index is 1.95. The minimum atomic E-state index is -0.308. The van der Waals surface area contributed by atoms with Crippen molar-refractivity contribution in [1.29, 1.82) is 0 Å². The Morgan fingerprint density at radius 2 is 2.09 bits per heavy atom. The molecule has 0 spiro atoms. The van der Waals surface area contributed by atoms with E-state index >= 15 is 0 Å². The molecule has 0 unspecified atom stereocenters. The highest BCUT2D eigenvalue weighted by molar-refractivity contribution is 7.09. The van der Waals surface area contributed by atoms with Gasteiger partial charge in [-0.25, -0.2) is 4.98 Å². The number of nitrogens with zero attached hydrogens (tertiary/aromatic N) is 1. The third kappa shape index (κ3) is 4.21. The molecule has 0 aliphatic heterocycles. The number of carbonyl (C=O) groups excluding carboxylic acids is 1. The van der Waals surface area contributed by atoms with Gasteiger partial charge in [-0.2, -0.15) is 0 Å². The second-order valence-electron chi connectivity index (χ2n) is 4.60.